The molecule has 2 aromatic carbocycles. The molecule has 0 radical (unpaired) electrons. The number of benzene rings is 2. The second kappa shape index (κ2) is 10.1. The van der Waals surface area contributed by atoms with Crippen LogP contribution in [0.5, 0.6) is 0 Å². The molecule has 2 heterocycles. The molecule has 4 rings (SSSR count). The van der Waals surface area contributed by atoms with Gasteiger partial charge in [-0.3, -0.25) is 9.69 Å². The number of ether oxygens (including phenoxy) is 1. The Morgan fingerprint density at radius 1 is 1.20 bits per heavy atom. The molecule has 0 aliphatic carbocycles. The van der Waals surface area contributed by atoms with Crippen molar-refractivity contribution in [3.63, 3.8) is 0 Å². The first-order chi connectivity index (χ1) is 16.8. The van der Waals surface area contributed by atoms with E-state index in [4.69, 9.17) is 9.94 Å². The smallest absolute Gasteiger partial charge is 0.414 e. The molecule has 0 unspecified atom stereocenters. The van der Waals surface area contributed by atoms with Gasteiger partial charge in [-0.25, -0.2) is 4.79 Å². The number of para-hydroxylation sites is 1. The molecule has 11 nitrogen and oxygen atoms in total. The van der Waals surface area contributed by atoms with E-state index in [2.05, 4.69) is 5.32 Å². The molecule has 2 aliphatic heterocycles. The van der Waals surface area contributed by atoms with Crippen molar-refractivity contribution >= 4 is 29.1 Å². The van der Waals surface area contributed by atoms with Gasteiger partial charge in [-0.15, -0.1) is 0 Å². The van der Waals surface area contributed by atoms with E-state index in [1.807, 2.05) is 29.2 Å². The Labute approximate surface area is 202 Å². The van der Waals surface area contributed by atoms with Crippen LogP contribution in [0.15, 0.2) is 42.5 Å². The van der Waals surface area contributed by atoms with E-state index < -0.39 is 24.7 Å². The van der Waals surface area contributed by atoms with Gasteiger partial charge >= 0.3 is 6.09 Å². The highest BCUT2D eigenvalue weighted by atomic mass is 16.8. The van der Waals surface area contributed by atoms with Crippen molar-refractivity contribution in [2.45, 2.75) is 38.0 Å². The molecule has 1 fully saturated rings. The van der Waals surface area contributed by atoms with Crippen LogP contribution in [0.1, 0.15) is 35.7 Å². The summed E-state index contributed by atoms with van der Waals surface area (Å²) in [6.07, 6.45) is 0.897. The standard InChI is InChI=1S/C24H29N4O7/c1-24(14-29,15-30)25-22(31)16-6-7-20(21(12-16)28(33)34)26-10-8-18(9-11-26)27-19-5-3-2-4-17(19)13-35-23(27)32/h2-7,12,18,29-30,33H,8-11,13-15H2,1H3,(H,25,31)/q-1/p+1. The molecule has 11 heteroatoms. The Kier molecular flexibility index (Phi) is 7.13. The molecular formula is C24H30N4O7. The predicted octanol–water partition coefficient (Wildman–Crippen LogP) is 1.23. The summed E-state index contributed by atoms with van der Waals surface area (Å²) in [6, 6.07) is 12.1. The van der Waals surface area contributed by atoms with Gasteiger partial charge in [0.2, 0.25) is 0 Å². The molecule has 35 heavy (non-hydrogen) atoms. The summed E-state index contributed by atoms with van der Waals surface area (Å²) < 4.78 is 5.35. The molecular weight excluding hydrogens is 456 g/mol. The van der Waals surface area contributed by atoms with Crippen LogP contribution in [0.3, 0.4) is 0 Å². The topological polar surface area (TPSA) is 152 Å². The summed E-state index contributed by atoms with van der Waals surface area (Å²) >= 11 is 0. The van der Waals surface area contributed by atoms with Crippen LogP contribution < -0.4 is 20.3 Å². The van der Waals surface area contributed by atoms with Gasteiger partial charge in [0, 0.05) is 30.3 Å². The number of aliphatic hydroxyl groups is 2. The average molecular weight is 487 g/mol. The number of aliphatic hydroxyl groups excluding tert-OH is 2. The van der Waals surface area contributed by atoms with Crippen LogP contribution in [0.25, 0.3) is 0 Å². The number of fused-ring (bicyclic) bond motifs is 1. The first kappa shape index (κ1) is 24.7. The summed E-state index contributed by atoms with van der Waals surface area (Å²) in [6.45, 7) is 1.90. The van der Waals surface area contributed by atoms with Gasteiger partial charge in [0.05, 0.1) is 30.1 Å². The monoisotopic (exact) mass is 486 g/mol. The Morgan fingerprint density at radius 3 is 2.54 bits per heavy atom. The summed E-state index contributed by atoms with van der Waals surface area (Å²) in [5.41, 5.74) is 1.25. The maximum atomic E-state index is 12.6. The molecule has 0 atom stereocenters. The first-order valence-corrected chi connectivity index (χ1v) is 11.4. The minimum atomic E-state index is -1.22. The highest BCUT2D eigenvalue weighted by Crippen LogP contribution is 2.35. The highest BCUT2D eigenvalue weighted by Gasteiger charge is 2.35. The van der Waals surface area contributed by atoms with Crippen molar-refractivity contribution in [1.82, 2.24) is 5.32 Å². The Hall–Kier alpha value is -3.38. The Morgan fingerprint density at radius 2 is 1.89 bits per heavy atom. The van der Waals surface area contributed by atoms with Crippen LogP contribution >= 0.6 is 0 Å². The van der Waals surface area contributed by atoms with E-state index >= 15 is 0 Å². The third kappa shape index (κ3) is 5.03. The van der Waals surface area contributed by atoms with Crippen molar-refractivity contribution in [1.29, 1.82) is 0 Å². The number of anilines is 3. The zero-order valence-corrected chi connectivity index (χ0v) is 19.4. The lowest BCUT2D eigenvalue weighted by Gasteiger charge is -2.41. The fourth-order valence-electron chi connectivity index (χ4n) is 4.46. The lowest BCUT2D eigenvalue weighted by atomic mass is 9.99. The molecule has 188 valence electrons. The number of hydrogen-bond donors (Lipinski definition) is 3. The number of cyclic esters (lactones) is 1. The van der Waals surface area contributed by atoms with Crippen LogP contribution in [0.2, 0.25) is 0 Å². The number of carbonyl (C=O) groups is 2. The quantitative estimate of drug-likeness (QED) is 0.390. The lowest BCUT2D eigenvalue weighted by Crippen LogP contribution is -2.51. The molecule has 5 N–H and O–H groups in total. The van der Waals surface area contributed by atoms with Crippen molar-refractivity contribution in [3.05, 3.63) is 58.8 Å². The van der Waals surface area contributed by atoms with E-state index in [0.29, 0.717) is 31.6 Å². The van der Waals surface area contributed by atoms with Gasteiger partial charge in [0.1, 0.15) is 12.3 Å². The second-order valence-electron chi connectivity index (χ2n) is 9.10. The average Bonchev–Trinajstić information content (AvgIpc) is 2.88. The summed E-state index contributed by atoms with van der Waals surface area (Å²) in [5.74, 6) is -0.578. The zero-order valence-electron chi connectivity index (χ0n) is 19.4. The van der Waals surface area contributed by atoms with Gasteiger partial charge in [0.25, 0.3) is 5.91 Å². The minimum absolute atomic E-state index is 0.00790. The van der Waals surface area contributed by atoms with Crippen molar-refractivity contribution in [2.75, 3.05) is 41.3 Å². The van der Waals surface area contributed by atoms with E-state index in [1.165, 1.54) is 19.1 Å². The number of nitrogens with zero attached hydrogens (tertiary/aromatic N) is 3. The molecule has 0 aromatic heterocycles. The molecule has 1 saturated heterocycles. The molecule has 0 saturated carbocycles. The lowest BCUT2D eigenvalue weighted by molar-refractivity contribution is 0.0724. The maximum absolute atomic E-state index is 12.6. The van der Waals surface area contributed by atoms with Gasteiger partial charge in [-0.2, -0.15) is 5.23 Å². The summed E-state index contributed by atoms with van der Waals surface area (Å²) in [4.78, 5) is 28.8. The number of hydrogen-bond acceptors (Lipinski definition) is 8. The number of nitrogens with one attached hydrogen (secondary N) is 1. The molecule has 2 aromatic rings. The van der Waals surface area contributed by atoms with Gasteiger partial charge < -0.3 is 35.6 Å². The van der Waals surface area contributed by atoms with Gasteiger partial charge in [-0.05, 0) is 44.0 Å². The Balaban J connectivity index is 1.50. The van der Waals surface area contributed by atoms with Crippen LogP contribution in [-0.4, -0.2) is 65.3 Å². The highest BCUT2D eigenvalue weighted by molar-refractivity contribution is 5.97. The molecule has 0 bridgehead atoms. The van der Waals surface area contributed by atoms with Crippen LogP contribution in [0, 0.1) is 5.21 Å². The maximum Gasteiger partial charge on any atom is 0.414 e. The molecule has 0 spiro atoms. The SMILES string of the molecule is CC(CO)(CO)NC(=O)c1ccc(N2CCC(N3C(=O)OCc4ccccc43)CC2)c(N([O-])[OH2+])c1. The zero-order chi connectivity index (χ0) is 25.2. The van der Waals surface area contributed by atoms with Crippen LogP contribution in [-0.2, 0) is 11.3 Å². The Bertz CT molecular complexity index is 1080. The van der Waals surface area contributed by atoms with Crippen molar-refractivity contribution in [3.8, 4) is 0 Å². The minimum Gasteiger partial charge on any atom is -0.694 e. The third-order valence-electron chi connectivity index (χ3n) is 6.54. The fourth-order valence-corrected chi connectivity index (χ4v) is 4.46. The number of carbonyl (C=O) groups excluding carboxylic acids is 2. The fraction of sp³-hybridized carbons (Fsp3) is 0.417. The second-order valence-corrected chi connectivity index (χ2v) is 9.10. The molecule has 2 amide bonds. The van der Waals surface area contributed by atoms with Crippen molar-refractivity contribution in [2.24, 2.45) is 0 Å². The number of rotatable bonds is 7. The summed E-state index contributed by atoms with van der Waals surface area (Å²) in [5, 5.41) is 41.1. The third-order valence-corrected chi connectivity index (χ3v) is 6.54. The number of piperidine rings is 1. The van der Waals surface area contributed by atoms with Gasteiger partial charge in [-0.1, -0.05) is 18.2 Å². The van der Waals surface area contributed by atoms with Crippen LogP contribution in [0.4, 0.5) is 21.9 Å². The summed E-state index contributed by atoms with van der Waals surface area (Å²) in [7, 11) is 0. The van der Waals surface area contributed by atoms with E-state index in [1.54, 1.807) is 11.0 Å². The largest absolute Gasteiger partial charge is 0.694 e. The first-order valence-electron chi connectivity index (χ1n) is 11.4. The predicted molar refractivity (Wildman–Crippen MR) is 130 cm³/mol. The van der Waals surface area contributed by atoms with E-state index in [-0.39, 0.29) is 35.2 Å². The van der Waals surface area contributed by atoms with Crippen molar-refractivity contribution < 1.29 is 29.7 Å². The van der Waals surface area contributed by atoms with E-state index in [9.17, 15) is 25.0 Å². The normalized spacial score (nSPS) is 16.5. The van der Waals surface area contributed by atoms with E-state index in [0.717, 1.165) is 11.3 Å². The van der Waals surface area contributed by atoms with Gasteiger partial charge in [0.15, 0.2) is 0 Å². The number of amides is 2. The molecule has 2 aliphatic rings.